The molecule has 1 heterocycles. The summed E-state index contributed by atoms with van der Waals surface area (Å²) in [5.41, 5.74) is 3.49. The minimum Gasteiger partial charge on any atom is -0.507 e. The maximum atomic E-state index is 10.6. The average Bonchev–Trinajstić information content (AvgIpc) is 2.45. The van der Waals surface area contributed by atoms with Gasteiger partial charge < -0.3 is 9.84 Å². The van der Waals surface area contributed by atoms with Gasteiger partial charge in [0.25, 0.3) is 0 Å². The minimum absolute atomic E-state index is 0.273. The maximum Gasteiger partial charge on any atom is 0.198 e. The first-order valence-electron chi connectivity index (χ1n) is 8.51. The predicted octanol–water partition coefficient (Wildman–Crippen LogP) is 4.96. The van der Waals surface area contributed by atoms with Crippen molar-refractivity contribution in [1.82, 2.24) is 0 Å². The van der Waals surface area contributed by atoms with Crippen LogP contribution in [0.5, 0.6) is 11.5 Å². The van der Waals surface area contributed by atoms with Gasteiger partial charge >= 0.3 is 0 Å². The molecule has 0 fully saturated rings. The zero-order valence-electron chi connectivity index (χ0n) is 14.7. The fourth-order valence-corrected chi connectivity index (χ4v) is 3.44. The molecule has 1 aliphatic rings. The molecule has 1 aromatic rings. The van der Waals surface area contributed by atoms with Gasteiger partial charge in [0.1, 0.15) is 17.1 Å². The van der Waals surface area contributed by atoms with E-state index in [1.165, 1.54) is 12.8 Å². The van der Waals surface area contributed by atoms with Crippen molar-refractivity contribution in [3.63, 3.8) is 0 Å². The van der Waals surface area contributed by atoms with E-state index in [1.54, 1.807) is 0 Å². The van der Waals surface area contributed by atoms with Crippen LogP contribution < -0.4 is 4.74 Å². The van der Waals surface area contributed by atoms with Gasteiger partial charge in [-0.2, -0.15) is 0 Å². The molecule has 2 rings (SSSR count). The Hall–Kier alpha value is -1.77. The van der Waals surface area contributed by atoms with Crippen molar-refractivity contribution in [2.24, 2.45) is 0 Å². The van der Waals surface area contributed by atoms with Crippen molar-refractivity contribution in [2.45, 2.75) is 71.8 Å². The number of hydrogen-bond donors (Lipinski definition) is 1. The monoisotopic (exact) mass is 315 g/mol. The van der Waals surface area contributed by atoms with Crippen molar-refractivity contribution in [2.75, 3.05) is 0 Å². The highest BCUT2D eigenvalue weighted by Crippen LogP contribution is 2.46. The third-order valence-electron chi connectivity index (χ3n) is 4.61. The van der Waals surface area contributed by atoms with Crippen molar-refractivity contribution < 1.29 is 14.6 Å². The van der Waals surface area contributed by atoms with Gasteiger partial charge in [-0.05, 0) is 68.9 Å². The Morgan fingerprint density at radius 3 is 2.61 bits per heavy atom. The third kappa shape index (κ3) is 3.77. The van der Waals surface area contributed by atoms with Crippen molar-refractivity contribution >= 4 is 11.9 Å². The lowest BCUT2D eigenvalue weighted by Gasteiger charge is -2.37. The maximum absolute atomic E-state index is 10.6. The van der Waals surface area contributed by atoms with Crippen LogP contribution in [0.1, 0.15) is 70.9 Å². The SMILES string of the molecule is CCCCCc1cc(O)c2c(c1)OC(C)(C)C(CC[C]=O)=C2C. The fraction of sp³-hybridized carbons (Fsp3) is 0.550. The lowest BCUT2D eigenvalue weighted by atomic mass is 9.83. The van der Waals surface area contributed by atoms with E-state index < -0.39 is 5.60 Å². The summed E-state index contributed by atoms with van der Waals surface area (Å²) in [5, 5.41) is 10.5. The van der Waals surface area contributed by atoms with Crippen LogP contribution in [0.3, 0.4) is 0 Å². The molecule has 3 nitrogen and oxygen atoms in total. The molecule has 0 atom stereocenters. The summed E-state index contributed by atoms with van der Waals surface area (Å²) in [6, 6.07) is 3.90. The Bertz CT molecular complexity index is 612. The highest BCUT2D eigenvalue weighted by atomic mass is 16.5. The molecule has 1 aliphatic heterocycles. The van der Waals surface area contributed by atoms with Gasteiger partial charge in [-0.1, -0.05) is 19.8 Å². The van der Waals surface area contributed by atoms with Crippen LogP contribution >= 0.6 is 0 Å². The fourth-order valence-electron chi connectivity index (χ4n) is 3.44. The molecule has 125 valence electrons. The normalized spacial score (nSPS) is 16.0. The predicted molar refractivity (Wildman–Crippen MR) is 93.6 cm³/mol. The zero-order valence-corrected chi connectivity index (χ0v) is 14.7. The molecule has 0 bridgehead atoms. The summed E-state index contributed by atoms with van der Waals surface area (Å²) < 4.78 is 6.18. The molecule has 0 saturated heterocycles. The number of aromatic hydroxyl groups is 1. The van der Waals surface area contributed by atoms with Crippen LogP contribution in [-0.4, -0.2) is 17.0 Å². The quantitative estimate of drug-likeness (QED) is 0.723. The molecule has 23 heavy (non-hydrogen) atoms. The topological polar surface area (TPSA) is 46.5 Å². The molecule has 0 spiro atoms. The second-order valence-corrected chi connectivity index (χ2v) is 6.81. The first kappa shape index (κ1) is 17.6. The highest BCUT2D eigenvalue weighted by molar-refractivity contribution is 5.79. The number of carbonyl (C=O) groups excluding carboxylic acids is 1. The molecule has 1 aromatic carbocycles. The van der Waals surface area contributed by atoms with Crippen LogP contribution in [0.4, 0.5) is 0 Å². The molecule has 0 amide bonds. The van der Waals surface area contributed by atoms with Crippen LogP contribution in [0.2, 0.25) is 0 Å². The van der Waals surface area contributed by atoms with E-state index in [2.05, 4.69) is 13.0 Å². The largest absolute Gasteiger partial charge is 0.507 e. The van der Waals surface area contributed by atoms with Crippen molar-refractivity contribution in [3.8, 4) is 11.5 Å². The number of allylic oxidation sites excluding steroid dienone is 1. The Kier molecular flexibility index (Phi) is 5.51. The number of ether oxygens (including phenoxy) is 1. The molecule has 0 saturated carbocycles. The van der Waals surface area contributed by atoms with Crippen LogP contribution in [0, 0.1) is 0 Å². The number of hydrogen-bond acceptors (Lipinski definition) is 3. The van der Waals surface area contributed by atoms with Gasteiger partial charge in [-0.25, -0.2) is 0 Å². The van der Waals surface area contributed by atoms with E-state index in [1.807, 2.05) is 33.1 Å². The van der Waals surface area contributed by atoms with E-state index in [0.717, 1.165) is 40.9 Å². The lowest BCUT2D eigenvalue weighted by Crippen LogP contribution is -2.34. The summed E-state index contributed by atoms with van der Waals surface area (Å²) >= 11 is 0. The summed E-state index contributed by atoms with van der Waals surface area (Å²) in [4.78, 5) is 10.6. The van der Waals surface area contributed by atoms with E-state index in [-0.39, 0.29) is 5.75 Å². The van der Waals surface area contributed by atoms with Crippen LogP contribution in [0.25, 0.3) is 5.57 Å². The van der Waals surface area contributed by atoms with Gasteiger partial charge in [-0.15, -0.1) is 0 Å². The van der Waals surface area contributed by atoms with Crippen molar-refractivity contribution in [1.29, 1.82) is 0 Å². The molecule has 3 heteroatoms. The number of phenolic OH excluding ortho intramolecular Hbond substituents is 1. The van der Waals surface area contributed by atoms with Crippen molar-refractivity contribution in [3.05, 3.63) is 28.8 Å². The summed E-state index contributed by atoms with van der Waals surface area (Å²) in [6.07, 6.45) is 7.35. The number of rotatable bonds is 7. The zero-order chi connectivity index (χ0) is 17.0. The van der Waals surface area contributed by atoms with E-state index in [4.69, 9.17) is 4.74 Å². The number of benzene rings is 1. The smallest absolute Gasteiger partial charge is 0.198 e. The first-order valence-corrected chi connectivity index (χ1v) is 8.51. The molecular formula is C20H27O3. The standard InChI is InChI=1S/C20H27O3/c1-5-6-7-9-15-12-17(22)19-14(2)16(10-8-11-21)20(3,4)23-18(19)13-15/h12-13,22H,5-10H2,1-4H3. The summed E-state index contributed by atoms with van der Waals surface area (Å²) in [5.74, 6) is 1.02. The Morgan fingerprint density at radius 1 is 1.22 bits per heavy atom. The van der Waals surface area contributed by atoms with E-state index >= 15 is 0 Å². The third-order valence-corrected chi connectivity index (χ3v) is 4.61. The number of unbranched alkanes of at least 4 members (excludes halogenated alkanes) is 2. The van der Waals surface area contributed by atoms with E-state index in [9.17, 15) is 9.90 Å². The van der Waals surface area contributed by atoms with Crippen LogP contribution in [0.15, 0.2) is 17.7 Å². The molecule has 0 unspecified atom stereocenters. The second-order valence-electron chi connectivity index (χ2n) is 6.81. The van der Waals surface area contributed by atoms with Gasteiger partial charge in [0, 0.05) is 6.42 Å². The first-order chi connectivity index (χ1) is 10.9. The second kappa shape index (κ2) is 7.20. The number of aryl methyl sites for hydroxylation is 1. The molecule has 0 aromatic heterocycles. The van der Waals surface area contributed by atoms with Crippen LogP contribution in [-0.2, 0) is 11.2 Å². The van der Waals surface area contributed by atoms with Gasteiger partial charge in [0.2, 0.25) is 0 Å². The van der Waals surface area contributed by atoms with Gasteiger partial charge in [0.05, 0.1) is 5.56 Å². The molecule has 1 N–H and O–H groups in total. The average molecular weight is 315 g/mol. The van der Waals surface area contributed by atoms with Gasteiger partial charge in [-0.3, -0.25) is 4.79 Å². The number of fused-ring (bicyclic) bond motifs is 1. The highest BCUT2D eigenvalue weighted by Gasteiger charge is 2.34. The molecule has 1 radical (unpaired) electrons. The molecule has 0 aliphatic carbocycles. The lowest BCUT2D eigenvalue weighted by molar-refractivity contribution is 0.139. The minimum atomic E-state index is -0.470. The van der Waals surface area contributed by atoms with Gasteiger partial charge in [0.15, 0.2) is 6.29 Å². The Labute approximate surface area is 139 Å². The summed E-state index contributed by atoms with van der Waals surface area (Å²) in [6.45, 7) is 8.21. The Morgan fingerprint density at radius 2 is 1.96 bits per heavy atom. The summed E-state index contributed by atoms with van der Waals surface area (Å²) in [7, 11) is 0. The molecular weight excluding hydrogens is 288 g/mol. The Balaban J connectivity index is 2.40. The number of phenols is 1. The van der Waals surface area contributed by atoms with E-state index in [0.29, 0.717) is 12.8 Å².